The van der Waals surface area contributed by atoms with Gasteiger partial charge in [0.15, 0.2) is 9.84 Å². The SMILES string of the molecule is O=C(O)C(F)(F)F.[N-]=[N+]=N[C@@H]1CC[C@H](N)[C@H](CS(=O)(=O)c2ccccc2)C1. The first-order valence-electron chi connectivity index (χ1n) is 7.85. The zero-order valence-corrected chi connectivity index (χ0v) is 14.9. The molecule has 1 aliphatic rings. The summed E-state index contributed by atoms with van der Waals surface area (Å²) in [6.07, 6.45) is -3.12. The number of carboxylic acid groups (broad SMARTS) is 1. The molecule has 1 aliphatic carbocycles. The Bertz CT molecular complexity index is 780. The molecule has 0 amide bonds. The average Bonchev–Trinajstić information content (AvgIpc) is 2.58. The summed E-state index contributed by atoms with van der Waals surface area (Å²) in [4.78, 5) is 12.0. The molecule has 0 heterocycles. The molecular formula is C15H19F3N4O4S. The minimum absolute atomic E-state index is 0.00955. The lowest BCUT2D eigenvalue weighted by atomic mass is 9.83. The van der Waals surface area contributed by atoms with Gasteiger partial charge in [-0.2, -0.15) is 13.2 Å². The number of azide groups is 1. The van der Waals surface area contributed by atoms with Gasteiger partial charge in [-0.15, -0.1) is 0 Å². The summed E-state index contributed by atoms with van der Waals surface area (Å²) >= 11 is 0. The number of alkyl halides is 3. The highest BCUT2D eigenvalue weighted by molar-refractivity contribution is 7.91. The monoisotopic (exact) mass is 408 g/mol. The highest BCUT2D eigenvalue weighted by Crippen LogP contribution is 2.28. The van der Waals surface area contributed by atoms with E-state index in [0.717, 1.165) is 6.42 Å². The topological polar surface area (TPSA) is 146 Å². The number of sulfone groups is 1. The number of nitrogens with two attached hydrogens (primary N) is 1. The van der Waals surface area contributed by atoms with Crippen LogP contribution in [0.5, 0.6) is 0 Å². The van der Waals surface area contributed by atoms with Crippen molar-refractivity contribution in [3.63, 3.8) is 0 Å². The smallest absolute Gasteiger partial charge is 0.475 e. The summed E-state index contributed by atoms with van der Waals surface area (Å²) in [5.74, 6) is -2.91. The zero-order chi connectivity index (χ0) is 20.7. The molecular weight excluding hydrogens is 389 g/mol. The summed E-state index contributed by atoms with van der Waals surface area (Å²) in [5.41, 5.74) is 14.5. The van der Waals surface area contributed by atoms with Gasteiger partial charge < -0.3 is 10.8 Å². The predicted octanol–water partition coefficient (Wildman–Crippen LogP) is 2.90. The molecule has 1 saturated carbocycles. The standard InChI is InChI=1S/C13H18N4O2S.C2HF3O2/c14-13-7-6-11(16-17-15)8-10(13)9-20(18,19)12-4-2-1-3-5-12;3-2(4,5)1(6)7/h1-5,10-11,13H,6-9,14H2;(H,6,7)/t10-,11+,13-;/m0./s1. The fourth-order valence-corrected chi connectivity index (χ4v) is 4.35. The van der Waals surface area contributed by atoms with Crippen LogP contribution in [0.15, 0.2) is 40.3 Å². The summed E-state index contributed by atoms with van der Waals surface area (Å²) in [6, 6.07) is 8.08. The molecule has 0 saturated heterocycles. The second kappa shape index (κ2) is 9.58. The quantitative estimate of drug-likeness (QED) is 0.447. The lowest BCUT2D eigenvalue weighted by molar-refractivity contribution is -0.192. The highest BCUT2D eigenvalue weighted by Gasteiger charge is 2.38. The number of hydrogen-bond donors (Lipinski definition) is 2. The van der Waals surface area contributed by atoms with Crippen LogP contribution in [-0.4, -0.2) is 43.5 Å². The average molecular weight is 408 g/mol. The fraction of sp³-hybridized carbons (Fsp3) is 0.533. The second-order valence-electron chi connectivity index (χ2n) is 5.99. The van der Waals surface area contributed by atoms with Crippen LogP contribution in [0.25, 0.3) is 10.4 Å². The van der Waals surface area contributed by atoms with Gasteiger partial charge in [-0.3, -0.25) is 0 Å². The maximum absolute atomic E-state index is 12.4. The molecule has 150 valence electrons. The van der Waals surface area contributed by atoms with Gasteiger partial charge in [0.05, 0.1) is 10.6 Å². The van der Waals surface area contributed by atoms with Crippen molar-refractivity contribution in [3.8, 4) is 0 Å². The number of hydrogen-bond acceptors (Lipinski definition) is 5. The molecule has 1 aromatic carbocycles. The van der Waals surface area contributed by atoms with Crippen molar-refractivity contribution in [1.29, 1.82) is 0 Å². The second-order valence-corrected chi connectivity index (χ2v) is 8.03. The summed E-state index contributed by atoms with van der Waals surface area (Å²) in [5, 5.41) is 10.8. The molecule has 2 rings (SSSR count). The molecule has 8 nitrogen and oxygen atoms in total. The van der Waals surface area contributed by atoms with E-state index in [2.05, 4.69) is 10.0 Å². The fourth-order valence-electron chi connectivity index (χ4n) is 2.64. The van der Waals surface area contributed by atoms with Crippen LogP contribution in [0, 0.1) is 5.92 Å². The van der Waals surface area contributed by atoms with Gasteiger partial charge in [-0.05, 0) is 42.8 Å². The first-order chi connectivity index (χ1) is 12.5. The van der Waals surface area contributed by atoms with E-state index < -0.39 is 22.0 Å². The van der Waals surface area contributed by atoms with Crippen molar-refractivity contribution in [2.24, 2.45) is 16.8 Å². The normalized spacial score (nSPS) is 22.7. The van der Waals surface area contributed by atoms with Crippen LogP contribution in [-0.2, 0) is 14.6 Å². The molecule has 0 unspecified atom stereocenters. The molecule has 1 aromatic rings. The van der Waals surface area contributed by atoms with Crippen molar-refractivity contribution in [2.45, 2.75) is 42.4 Å². The Labute approximate surface area is 153 Å². The number of rotatable bonds is 4. The van der Waals surface area contributed by atoms with E-state index >= 15 is 0 Å². The van der Waals surface area contributed by atoms with E-state index in [1.807, 2.05) is 0 Å². The number of carboxylic acids is 1. The largest absolute Gasteiger partial charge is 0.490 e. The van der Waals surface area contributed by atoms with Crippen molar-refractivity contribution >= 4 is 15.8 Å². The van der Waals surface area contributed by atoms with E-state index in [4.69, 9.17) is 21.2 Å². The van der Waals surface area contributed by atoms with Crippen LogP contribution in [0.3, 0.4) is 0 Å². The summed E-state index contributed by atoms with van der Waals surface area (Å²) < 4.78 is 56.4. The summed E-state index contributed by atoms with van der Waals surface area (Å²) in [7, 11) is -3.35. The van der Waals surface area contributed by atoms with Crippen LogP contribution in [0.4, 0.5) is 13.2 Å². The number of carbonyl (C=O) groups is 1. The Morgan fingerprint density at radius 3 is 2.33 bits per heavy atom. The third-order valence-corrected chi connectivity index (χ3v) is 5.86. The Balaban J connectivity index is 0.000000445. The lowest BCUT2D eigenvalue weighted by Crippen LogP contribution is -2.41. The lowest BCUT2D eigenvalue weighted by Gasteiger charge is -2.31. The maximum atomic E-state index is 12.4. The van der Waals surface area contributed by atoms with E-state index in [0.29, 0.717) is 17.7 Å². The molecule has 0 radical (unpaired) electrons. The van der Waals surface area contributed by atoms with Crippen LogP contribution >= 0.6 is 0 Å². The van der Waals surface area contributed by atoms with Crippen molar-refractivity contribution in [2.75, 3.05) is 5.75 Å². The molecule has 0 bridgehead atoms. The van der Waals surface area contributed by atoms with Crippen molar-refractivity contribution < 1.29 is 31.5 Å². The molecule has 0 aromatic heterocycles. The minimum Gasteiger partial charge on any atom is -0.475 e. The third kappa shape index (κ3) is 7.45. The Morgan fingerprint density at radius 1 is 1.30 bits per heavy atom. The molecule has 27 heavy (non-hydrogen) atoms. The minimum atomic E-state index is -5.08. The predicted molar refractivity (Wildman–Crippen MR) is 90.4 cm³/mol. The molecule has 0 aliphatic heterocycles. The van der Waals surface area contributed by atoms with E-state index in [1.54, 1.807) is 30.3 Å². The van der Waals surface area contributed by atoms with E-state index in [1.165, 1.54) is 0 Å². The Kier molecular flexibility index (Phi) is 8.07. The molecule has 1 fully saturated rings. The first kappa shape index (κ1) is 22.7. The van der Waals surface area contributed by atoms with Crippen LogP contribution in [0.2, 0.25) is 0 Å². The van der Waals surface area contributed by atoms with Gasteiger partial charge in [-0.25, -0.2) is 13.2 Å². The molecule has 3 N–H and O–H groups in total. The molecule has 0 spiro atoms. The van der Waals surface area contributed by atoms with Crippen molar-refractivity contribution in [1.82, 2.24) is 0 Å². The highest BCUT2D eigenvalue weighted by atomic mass is 32.2. The van der Waals surface area contributed by atoms with Gasteiger partial charge in [0.2, 0.25) is 0 Å². The van der Waals surface area contributed by atoms with Crippen molar-refractivity contribution in [3.05, 3.63) is 40.8 Å². The van der Waals surface area contributed by atoms with Gasteiger partial charge in [0.25, 0.3) is 0 Å². The number of nitrogens with zero attached hydrogens (tertiary/aromatic N) is 3. The van der Waals surface area contributed by atoms with Crippen LogP contribution in [0.1, 0.15) is 19.3 Å². The number of halogens is 3. The summed E-state index contributed by atoms with van der Waals surface area (Å²) in [6.45, 7) is 0. The molecule has 3 atom stereocenters. The van der Waals surface area contributed by atoms with Crippen LogP contribution < -0.4 is 5.73 Å². The number of aliphatic carboxylic acids is 1. The maximum Gasteiger partial charge on any atom is 0.490 e. The van der Waals surface area contributed by atoms with Gasteiger partial charge in [0, 0.05) is 17.0 Å². The first-order valence-corrected chi connectivity index (χ1v) is 9.50. The molecule has 12 heteroatoms. The third-order valence-electron chi connectivity index (χ3n) is 4.01. The Hall–Kier alpha value is -2.30. The van der Waals surface area contributed by atoms with Gasteiger partial charge in [-0.1, -0.05) is 23.3 Å². The van der Waals surface area contributed by atoms with Gasteiger partial charge >= 0.3 is 12.1 Å². The van der Waals surface area contributed by atoms with E-state index in [-0.39, 0.29) is 23.8 Å². The number of benzene rings is 1. The Morgan fingerprint density at radius 2 is 1.85 bits per heavy atom. The van der Waals surface area contributed by atoms with E-state index in [9.17, 15) is 21.6 Å². The van der Waals surface area contributed by atoms with Gasteiger partial charge in [0.1, 0.15) is 0 Å². The zero-order valence-electron chi connectivity index (χ0n) is 14.1.